The molecule has 0 unspecified atom stereocenters. The van der Waals surface area contributed by atoms with Crippen LogP contribution in [0.5, 0.6) is 5.88 Å². The van der Waals surface area contributed by atoms with E-state index in [9.17, 15) is 41.1 Å². The van der Waals surface area contributed by atoms with Crippen molar-refractivity contribution in [2.45, 2.75) is 38.4 Å². The molecular weight excluding hydrogens is 521 g/mol. The van der Waals surface area contributed by atoms with Crippen LogP contribution in [0.2, 0.25) is 0 Å². The Morgan fingerprint density at radius 2 is 1.57 bits per heavy atom. The van der Waals surface area contributed by atoms with Gasteiger partial charge in [0.25, 0.3) is 5.56 Å². The molecule has 0 aliphatic heterocycles. The molecule has 37 heavy (non-hydrogen) atoms. The average Bonchev–Trinajstić information content (AvgIpc) is 2.79. The average molecular weight is 547 g/mol. The first-order chi connectivity index (χ1) is 17.1. The first-order valence-corrected chi connectivity index (χ1v) is 12.2. The van der Waals surface area contributed by atoms with Crippen molar-refractivity contribution in [3.05, 3.63) is 45.7 Å². The molecule has 2 amide bonds. The standard InChI is InChI=1S/C21H25F3N6O6S/c1-12-17(21(22,23)24)18(20(34)30(19(12)33)11-10-26-14(3)32)29-28-15-4-6-16(7-5-15)37(35,36)27-9-8-25-13(2)31/h4-7,27,34H,8-11H2,1-3H3,(H,25,31)(H,26,32)/b29-28+. The monoisotopic (exact) mass is 546 g/mol. The summed E-state index contributed by atoms with van der Waals surface area (Å²) in [5, 5.41) is 22.4. The zero-order chi connectivity index (χ0) is 28.0. The third kappa shape index (κ3) is 7.85. The number of pyridine rings is 1. The van der Waals surface area contributed by atoms with E-state index in [-0.39, 0.29) is 42.7 Å². The van der Waals surface area contributed by atoms with Gasteiger partial charge >= 0.3 is 6.18 Å². The van der Waals surface area contributed by atoms with Crippen molar-refractivity contribution in [1.29, 1.82) is 0 Å². The number of alkyl halides is 3. The number of azo groups is 1. The molecule has 2 rings (SSSR count). The molecule has 0 saturated heterocycles. The van der Waals surface area contributed by atoms with E-state index in [1.807, 2.05) is 0 Å². The Labute approximate surface area is 209 Å². The minimum Gasteiger partial charge on any atom is -0.493 e. The van der Waals surface area contributed by atoms with Gasteiger partial charge in [-0.1, -0.05) is 0 Å². The van der Waals surface area contributed by atoms with Crippen LogP contribution in [0.3, 0.4) is 0 Å². The van der Waals surface area contributed by atoms with Gasteiger partial charge in [0.2, 0.25) is 27.7 Å². The summed E-state index contributed by atoms with van der Waals surface area (Å²) >= 11 is 0. The Morgan fingerprint density at radius 3 is 2.11 bits per heavy atom. The smallest absolute Gasteiger partial charge is 0.419 e. The molecule has 0 spiro atoms. The molecular formula is C21H25F3N6O6S. The SMILES string of the molecule is CC(=O)NCCNS(=O)(=O)c1ccc(/N=N/c2c(C(F)(F)F)c(C)c(=O)n(CCNC(C)=O)c2O)cc1. The zero-order valence-electron chi connectivity index (χ0n) is 20.0. The summed E-state index contributed by atoms with van der Waals surface area (Å²) < 4.78 is 68.7. The Balaban J connectivity index is 2.38. The number of nitrogens with one attached hydrogen (secondary N) is 3. The molecule has 0 aliphatic carbocycles. The van der Waals surface area contributed by atoms with Gasteiger partial charge in [0, 0.05) is 45.6 Å². The van der Waals surface area contributed by atoms with E-state index in [0.29, 0.717) is 4.57 Å². The second-order valence-electron chi connectivity index (χ2n) is 7.68. The molecule has 16 heteroatoms. The summed E-state index contributed by atoms with van der Waals surface area (Å²) in [6, 6.07) is 4.63. The van der Waals surface area contributed by atoms with Crippen LogP contribution < -0.4 is 20.9 Å². The summed E-state index contributed by atoms with van der Waals surface area (Å²) in [7, 11) is -3.94. The normalized spacial score (nSPS) is 12.1. The summed E-state index contributed by atoms with van der Waals surface area (Å²) in [6.45, 7) is 2.95. The van der Waals surface area contributed by atoms with Gasteiger partial charge in [0.15, 0.2) is 5.69 Å². The number of benzene rings is 1. The van der Waals surface area contributed by atoms with Crippen molar-refractivity contribution < 1.29 is 36.3 Å². The maximum atomic E-state index is 13.7. The summed E-state index contributed by atoms with van der Waals surface area (Å²) in [5.41, 5.74) is -4.37. The van der Waals surface area contributed by atoms with Gasteiger partial charge in [-0.15, -0.1) is 5.11 Å². The van der Waals surface area contributed by atoms with Gasteiger partial charge in [0.05, 0.1) is 16.1 Å². The maximum absolute atomic E-state index is 13.7. The number of carbonyl (C=O) groups excluding carboxylic acids is 2. The van der Waals surface area contributed by atoms with Crippen molar-refractivity contribution in [3.63, 3.8) is 0 Å². The van der Waals surface area contributed by atoms with E-state index < -0.39 is 50.4 Å². The highest BCUT2D eigenvalue weighted by Crippen LogP contribution is 2.42. The lowest BCUT2D eigenvalue weighted by Gasteiger charge is -2.17. The largest absolute Gasteiger partial charge is 0.493 e. The quantitative estimate of drug-likeness (QED) is 0.262. The number of aromatic nitrogens is 1. The Hall–Kier alpha value is -3.79. The molecule has 1 aromatic heterocycles. The fraction of sp³-hybridized carbons (Fsp3) is 0.381. The lowest BCUT2D eigenvalue weighted by Crippen LogP contribution is -2.33. The summed E-state index contributed by atoms with van der Waals surface area (Å²) in [6.07, 6.45) is -5.05. The molecule has 0 aliphatic rings. The Morgan fingerprint density at radius 1 is 1.00 bits per heavy atom. The van der Waals surface area contributed by atoms with Crippen LogP contribution in [0.25, 0.3) is 0 Å². The van der Waals surface area contributed by atoms with E-state index >= 15 is 0 Å². The number of hydrogen-bond acceptors (Lipinski definition) is 8. The van der Waals surface area contributed by atoms with Crippen LogP contribution in [0.4, 0.5) is 24.5 Å². The van der Waals surface area contributed by atoms with Crippen LogP contribution >= 0.6 is 0 Å². The number of amides is 2. The predicted octanol–water partition coefficient (Wildman–Crippen LogP) is 1.85. The predicted molar refractivity (Wildman–Crippen MR) is 125 cm³/mol. The molecule has 1 aromatic carbocycles. The molecule has 0 radical (unpaired) electrons. The molecule has 0 atom stereocenters. The number of rotatable bonds is 10. The lowest BCUT2D eigenvalue weighted by atomic mass is 10.1. The fourth-order valence-corrected chi connectivity index (χ4v) is 4.15. The van der Waals surface area contributed by atoms with E-state index in [4.69, 9.17) is 0 Å². The number of hydrogen-bond donors (Lipinski definition) is 4. The van der Waals surface area contributed by atoms with E-state index in [0.717, 1.165) is 19.1 Å². The zero-order valence-corrected chi connectivity index (χ0v) is 20.8. The third-order valence-electron chi connectivity index (χ3n) is 4.84. The van der Waals surface area contributed by atoms with Crippen molar-refractivity contribution in [3.8, 4) is 5.88 Å². The summed E-state index contributed by atoms with van der Waals surface area (Å²) in [4.78, 5) is 34.2. The molecule has 1 heterocycles. The number of carbonyl (C=O) groups is 2. The van der Waals surface area contributed by atoms with E-state index in [1.54, 1.807) is 0 Å². The Bertz CT molecular complexity index is 1350. The number of halogens is 3. The molecule has 12 nitrogen and oxygen atoms in total. The molecule has 0 fully saturated rings. The first-order valence-electron chi connectivity index (χ1n) is 10.7. The van der Waals surface area contributed by atoms with Crippen LogP contribution in [0, 0.1) is 6.92 Å². The highest BCUT2D eigenvalue weighted by atomic mass is 32.2. The molecule has 2 aromatic rings. The van der Waals surface area contributed by atoms with Gasteiger partial charge in [0.1, 0.15) is 0 Å². The third-order valence-corrected chi connectivity index (χ3v) is 6.32. The molecule has 0 bridgehead atoms. The molecule has 4 N–H and O–H groups in total. The van der Waals surface area contributed by atoms with Gasteiger partial charge < -0.3 is 15.7 Å². The maximum Gasteiger partial charge on any atom is 0.419 e. The minimum absolute atomic E-state index is 0.0432. The number of sulfonamides is 1. The van der Waals surface area contributed by atoms with Crippen LogP contribution in [0.15, 0.2) is 44.2 Å². The molecule has 0 saturated carbocycles. The van der Waals surface area contributed by atoms with Gasteiger partial charge in [-0.2, -0.15) is 18.3 Å². The van der Waals surface area contributed by atoms with Crippen molar-refractivity contribution in [2.24, 2.45) is 10.2 Å². The van der Waals surface area contributed by atoms with Gasteiger partial charge in [-0.05, 0) is 31.2 Å². The van der Waals surface area contributed by atoms with E-state index in [2.05, 4.69) is 25.6 Å². The second-order valence-corrected chi connectivity index (χ2v) is 9.45. The van der Waals surface area contributed by atoms with Crippen molar-refractivity contribution in [1.82, 2.24) is 19.9 Å². The van der Waals surface area contributed by atoms with Crippen LogP contribution in [0.1, 0.15) is 25.0 Å². The topological polar surface area (TPSA) is 171 Å². The second kappa shape index (κ2) is 12.0. The van der Waals surface area contributed by atoms with Crippen LogP contribution in [-0.4, -0.2) is 49.5 Å². The van der Waals surface area contributed by atoms with Gasteiger partial charge in [-0.25, -0.2) is 13.1 Å². The summed E-state index contributed by atoms with van der Waals surface area (Å²) in [5.74, 6) is -1.86. The first kappa shape index (κ1) is 29.4. The Kier molecular flexibility index (Phi) is 9.52. The molecule has 202 valence electrons. The van der Waals surface area contributed by atoms with Gasteiger partial charge in [-0.3, -0.25) is 19.0 Å². The number of aromatic hydroxyl groups is 1. The van der Waals surface area contributed by atoms with Crippen molar-refractivity contribution >= 4 is 33.2 Å². The number of nitrogens with zero attached hydrogens (tertiary/aromatic N) is 3. The minimum atomic E-state index is -5.05. The highest BCUT2D eigenvalue weighted by Gasteiger charge is 2.39. The fourth-order valence-electron chi connectivity index (χ4n) is 3.12. The van der Waals surface area contributed by atoms with Crippen LogP contribution in [-0.2, 0) is 32.3 Å². The highest BCUT2D eigenvalue weighted by molar-refractivity contribution is 7.89. The van der Waals surface area contributed by atoms with E-state index in [1.165, 1.54) is 26.0 Å². The van der Waals surface area contributed by atoms with Crippen molar-refractivity contribution in [2.75, 3.05) is 19.6 Å². The lowest BCUT2D eigenvalue weighted by molar-refractivity contribution is -0.137.